The van der Waals surface area contributed by atoms with Crippen LogP contribution in [0.25, 0.3) is 0 Å². The molecule has 0 radical (unpaired) electrons. The average molecular weight is 334 g/mol. The summed E-state index contributed by atoms with van der Waals surface area (Å²) in [7, 11) is 0. The molecule has 0 bridgehead atoms. The van der Waals surface area contributed by atoms with E-state index in [4.69, 9.17) is 4.74 Å². The van der Waals surface area contributed by atoms with Crippen molar-refractivity contribution >= 4 is 31.9 Å². The van der Waals surface area contributed by atoms with Gasteiger partial charge in [-0.2, -0.15) is 0 Å². The molecule has 0 aromatic heterocycles. The molecule has 0 aliphatic carbocycles. The van der Waals surface area contributed by atoms with Gasteiger partial charge < -0.3 is 4.74 Å². The number of ether oxygens (including phenoxy) is 1. The van der Waals surface area contributed by atoms with Crippen molar-refractivity contribution in [3.8, 4) is 0 Å². The Hall–Kier alpha value is 0.140. The highest BCUT2D eigenvalue weighted by molar-refractivity contribution is 9.10. The molecule has 0 spiro atoms. The Bertz CT molecular complexity index is 323. The quantitative estimate of drug-likeness (QED) is 0.726. The minimum atomic E-state index is 0.315. The van der Waals surface area contributed by atoms with Gasteiger partial charge >= 0.3 is 0 Å². The van der Waals surface area contributed by atoms with Gasteiger partial charge in [0, 0.05) is 4.47 Å². The molecule has 2 rings (SSSR count). The molecule has 1 saturated heterocycles. The fourth-order valence-corrected chi connectivity index (χ4v) is 2.87. The SMILES string of the molecule is CC1CCC(C(Br)c2ccc(Br)cc2)O1. The van der Waals surface area contributed by atoms with Crippen LogP contribution in [0.15, 0.2) is 28.7 Å². The maximum atomic E-state index is 5.85. The second kappa shape index (κ2) is 4.98. The zero-order chi connectivity index (χ0) is 10.8. The van der Waals surface area contributed by atoms with Crippen LogP contribution in [0.2, 0.25) is 0 Å². The molecule has 1 heterocycles. The Morgan fingerprint density at radius 3 is 2.47 bits per heavy atom. The molecule has 15 heavy (non-hydrogen) atoms. The van der Waals surface area contributed by atoms with E-state index in [0.29, 0.717) is 17.0 Å². The van der Waals surface area contributed by atoms with Gasteiger partial charge in [-0.25, -0.2) is 0 Å². The number of benzene rings is 1. The average Bonchev–Trinajstić information content (AvgIpc) is 2.65. The lowest BCUT2D eigenvalue weighted by Gasteiger charge is -2.18. The molecule has 1 aliphatic rings. The summed E-state index contributed by atoms with van der Waals surface area (Å²) in [6.07, 6.45) is 3.04. The van der Waals surface area contributed by atoms with E-state index in [0.717, 1.165) is 10.9 Å². The van der Waals surface area contributed by atoms with Crippen LogP contribution < -0.4 is 0 Å². The van der Waals surface area contributed by atoms with Crippen LogP contribution in [0.5, 0.6) is 0 Å². The summed E-state index contributed by atoms with van der Waals surface area (Å²) in [6, 6.07) is 8.41. The summed E-state index contributed by atoms with van der Waals surface area (Å²) in [6.45, 7) is 2.14. The Morgan fingerprint density at radius 1 is 1.27 bits per heavy atom. The van der Waals surface area contributed by atoms with Crippen LogP contribution >= 0.6 is 31.9 Å². The minimum absolute atomic E-state index is 0.315. The number of halogens is 2. The predicted octanol–water partition coefficient (Wildman–Crippen LogP) is 4.45. The van der Waals surface area contributed by atoms with Gasteiger partial charge in [0.05, 0.1) is 17.0 Å². The molecule has 3 unspecified atom stereocenters. The number of hydrogen-bond acceptors (Lipinski definition) is 1. The summed E-state index contributed by atoms with van der Waals surface area (Å²) in [5, 5.41) is 0. The van der Waals surface area contributed by atoms with E-state index in [9.17, 15) is 0 Å². The van der Waals surface area contributed by atoms with E-state index < -0.39 is 0 Å². The van der Waals surface area contributed by atoms with Crippen molar-refractivity contribution in [2.45, 2.75) is 36.8 Å². The molecule has 1 aromatic rings. The zero-order valence-corrected chi connectivity index (χ0v) is 11.8. The number of hydrogen-bond donors (Lipinski definition) is 0. The maximum Gasteiger partial charge on any atom is 0.0745 e. The number of alkyl halides is 1. The largest absolute Gasteiger partial charge is 0.374 e. The van der Waals surface area contributed by atoms with Crippen molar-refractivity contribution in [1.82, 2.24) is 0 Å². The summed E-state index contributed by atoms with van der Waals surface area (Å²) in [5.74, 6) is 0. The third kappa shape index (κ3) is 2.83. The van der Waals surface area contributed by atoms with Crippen LogP contribution in [0.3, 0.4) is 0 Å². The van der Waals surface area contributed by atoms with Crippen LogP contribution in [0.4, 0.5) is 0 Å². The van der Waals surface area contributed by atoms with Gasteiger partial charge in [-0.1, -0.05) is 44.0 Å². The monoisotopic (exact) mass is 332 g/mol. The van der Waals surface area contributed by atoms with Crippen LogP contribution in [0.1, 0.15) is 30.2 Å². The van der Waals surface area contributed by atoms with Gasteiger partial charge in [0.25, 0.3) is 0 Å². The highest BCUT2D eigenvalue weighted by Crippen LogP contribution is 2.36. The minimum Gasteiger partial charge on any atom is -0.374 e. The molecule has 0 amide bonds. The van der Waals surface area contributed by atoms with Crippen molar-refractivity contribution < 1.29 is 4.74 Å². The Balaban J connectivity index is 2.07. The molecule has 1 nitrogen and oxygen atoms in total. The standard InChI is InChI=1S/C12H14Br2O/c1-8-2-7-11(15-8)12(14)9-3-5-10(13)6-4-9/h3-6,8,11-12H,2,7H2,1H3. The highest BCUT2D eigenvalue weighted by Gasteiger charge is 2.28. The molecule has 1 fully saturated rings. The second-order valence-corrected chi connectivity index (χ2v) is 5.92. The van der Waals surface area contributed by atoms with Gasteiger partial charge in [0.1, 0.15) is 0 Å². The van der Waals surface area contributed by atoms with E-state index >= 15 is 0 Å². The third-order valence-electron chi connectivity index (χ3n) is 2.78. The number of rotatable bonds is 2. The van der Waals surface area contributed by atoms with Crippen molar-refractivity contribution in [2.75, 3.05) is 0 Å². The van der Waals surface area contributed by atoms with Crippen molar-refractivity contribution in [2.24, 2.45) is 0 Å². The Kier molecular flexibility index (Phi) is 3.86. The van der Waals surface area contributed by atoms with Gasteiger partial charge in [-0.3, -0.25) is 0 Å². The summed E-state index contributed by atoms with van der Waals surface area (Å²) >= 11 is 7.17. The molecular formula is C12H14Br2O. The van der Waals surface area contributed by atoms with Crippen LogP contribution in [-0.2, 0) is 4.74 Å². The van der Waals surface area contributed by atoms with Crippen molar-refractivity contribution in [1.29, 1.82) is 0 Å². The molecule has 0 saturated carbocycles. The van der Waals surface area contributed by atoms with Gasteiger partial charge in [-0.05, 0) is 37.5 Å². The van der Waals surface area contributed by atoms with E-state index in [2.05, 4.69) is 63.0 Å². The summed E-state index contributed by atoms with van der Waals surface area (Å²) in [4.78, 5) is 0.315. The lowest BCUT2D eigenvalue weighted by molar-refractivity contribution is 0.0557. The maximum absolute atomic E-state index is 5.85. The molecular weight excluding hydrogens is 320 g/mol. The fourth-order valence-electron chi connectivity index (χ4n) is 1.91. The smallest absolute Gasteiger partial charge is 0.0745 e. The Labute approximate surface area is 107 Å². The van der Waals surface area contributed by atoms with E-state index in [1.54, 1.807) is 0 Å². The lowest BCUT2D eigenvalue weighted by atomic mass is 10.1. The zero-order valence-electron chi connectivity index (χ0n) is 8.62. The third-order valence-corrected chi connectivity index (χ3v) is 4.43. The molecule has 3 heteroatoms. The molecule has 0 N–H and O–H groups in total. The van der Waals surface area contributed by atoms with Crippen molar-refractivity contribution in [3.63, 3.8) is 0 Å². The van der Waals surface area contributed by atoms with Gasteiger partial charge in [0.2, 0.25) is 0 Å². The molecule has 1 aliphatic heterocycles. The lowest BCUT2D eigenvalue weighted by Crippen LogP contribution is -2.14. The first-order valence-corrected chi connectivity index (χ1v) is 6.92. The first-order chi connectivity index (χ1) is 7.16. The van der Waals surface area contributed by atoms with E-state index in [-0.39, 0.29) is 0 Å². The molecule has 1 aromatic carbocycles. The van der Waals surface area contributed by atoms with Crippen LogP contribution in [0, 0.1) is 0 Å². The van der Waals surface area contributed by atoms with Gasteiger partial charge in [-0.15, -0.1) is 0 Å². The first-order valence-electron chi connectivity index (χ1n) is 5.22. The van der Waals surface area contributed by atoms with E-state index in [1.165, 1.54) is 12.0 Å². The molecule has 3 atom stereocenters. The van der Waals surface area contributed by atoms with E-state index in [1.807, 2.05) is 0 Å². The molecule has 82 valence electrons. The predicted molar refractivity (Wildman–Crippen MR) is 69.4 cm³/mol. The topological polar surface area (TPSA) is 9.23 Å². The van der Waals surface area contributed by atoms with Gasteiger partial charge in [0.15, 0.2) is 0 Å². The highest BCUT2D eigenvalue weighted by atomic mass is 79.9. The first kappa shape index (κ1) is 11.6. The fraction of sp³-hybridized carbons (Fsp3) is 0.500. The van der Waals surface area contributed by atoms with Crippen LogP contribution in [-0.4, -0.2) is 12.2 Å². The normalized spacial score (nSPS) is 27.9. The Morgan fingerprint density at radius 2 is 1.93 bits per heavy atom. The summed E-state index contributed by atoms with van der Waals surface area (Å²) in [5.41, 5.74) is 1.29. The van der Waals surface area contributed by atoms with Crippen molar-refractivity contribution in [3.05, 3.63) is 34.3 Å². The summed E-state index contributed by atoms with van der Waals surface area (Å²) < 4.78 is 6.97. The second-order valence-electron chi connectivity index (χ2n) is 4.02.